The van der Waals surface area contributed by atoms with Crippen molar-refractivity contribution >= 4 is 21.8 Å². The van der Waals surface area contributed by atoms with Gasteiger partial charge in [-0.25, -0.2) is 9.97 Å². The molecule has 4 nitrogen and oxygen atoms in total. The first-order valence-electron chi connectivity index (χ1n) is 18.3. The number of nitrogens with zero attached hydrogens (tertiary/aromatic N) is 4. The first-order chi connectivity index (χ1) is 26.5. The molecule has 54 heavy (non-hydrogen) atoms. The molecule has 4 heteroatoms. The van der Waals surface area contributed by atoms with Crippen molar-refractivity contribution in [1.29, 1.82) is 5.26 Å². The van der Waals surface area contributed by atoms with Gasteiger partial charge in [-0.2, -0.15) is 5.26 Å². The first kappa shape index (κ1) is 31.6. The highest BCUT2D eigenvalue weighted by atomic mass is 15.0. The Morgan fingerprint density at radius 1 is 0.519 bits per heavy atom. The van der Waals surface area contributed by atoms with E-state index in [1.54, 1.807) is 0 Å². The number of para-hydroxylation sites is 1. The van der Waals surface area contributed by atoms with Gasteiger partial charge in [0, 0.05) is 44.1 Å². The van der Waals surface area contributed by atoms with Crippen LogP contribution in [-0.2, 0) is 5.41 Å². The summed E-state index contributed by atoms with van der Waals surface area (Å²) in [5.41, 5.74) is 15.6. The number of fused-ring (bicyclic) bond motifs is 7. The minimum Gasteiger partial charge on any atom is -0.309 e. The number of hydrogen-bond donors (Lipinski definition) is 0. The summed E-state index contributed by atoms with van der Waals surface area (Å²) in [4.78, 5) is 10.3. The van der Waals surface area contributed by atoms with E-state index in [9.17, 15) is 5.26 Å². The number of benzene rings is 7. The summed E-state index contributed by atoms with van der Waals surface area (Å²) >= 11 is 0. The molecule has 0 bridgehead atoms. The van der Waals surface area contributed by atoms with Gasteiger partial charge in [-0.1, -0.05) is 141 Å². The van der Waals surface area contributed by atoms with Crippen molar-refractivity contribution in [2.24, 2.45) is 0 Å². The lowest BCUT2D eigenvalue weighted by atomic mass is 9.82. The number of aromatic nitrogens is 3. The van der Waals surface area contributed by atoms with Crippen LogP contribution in [0.1, 0.15) is 30.5 Å². The Morgan fingerprint density at radius 2 is 1.19 bits per heavy atom. The zero-order valence-electron chi connectivity index (χ0n) is 30.0. The Labute approximate surface area is 314 Å². The molecule has 0 aliphatic heterocycles. The van der Waals surface area contributed by atoms with E-state index in [4.69, 9.17) is 9.97 Å². The van der Waals surface area contributed by atoms with Gasteiger partial charge >= 0.3 is 0 Å². The van der Waals surface area contributed by atoms with E-state index < -0.39 is 0 Å². The molecule has 2 aromatic heterocycles. The van der Waals surface area contributed by atoms with E-state index in [-0.39, 0.29) is 5.41 Å². The predicted molar refractivity (Wildman–Crippen MR) is 220 cm³/mol. The van der Waals surface area contributed by atoms with Gasteiger partial charge in [0.25, 0.3) is 0 Å². The molecule has 0 spiro atoms. The van der Waals surface area contributed by atoms with Gasteiger partial charge < -0.3 is 4.57 Å². The van der Waals surface area contributed by atoms with Gasteiger partial charge in [-0.3, -0.25) is 0 Å². The van der Waals surface area contributed by atoms with Crippen LogP contribution in [0.5, 0.6) is 0 Å². The molecule has 10 rings (SSSR count). The Bertz CT molecular complexity index is 2910. The molecular weight excluding hydrogens is 657 g/mol. The lowest BCUT2D eigenvalue weighted by Crippen LogP contribution is -2.14. The second-order valence-corrected chi connectivity index (χ2v) is 14.6. The predicted octanol–water partition coefficient (Wildman–Crippen LogP) is 12.4. The van der Waals surface area contributed by atoms with Crippen LogP contribution in [0.15, 0.2) is 170 Å². The minimum absolute atomic E-state index is 0.144. The Hall–Kier alpha value is -7.09. The third-order valence-corrected chi connectivity index (χ3v) is 11.0. The number of rotatable bonds is 5. The molecule has 0 atom stereocenters. The van der Waals surface area contributed by atoms with Gasteiger partial charge in [-0.05, 0) is 70.3 Å². The molecule has 0 fully saturated rings. The highest BCUT2D eigenvalue weighted by Crippen LogP contribution is 2.53. The SMILES string of the molecule is CC1(C)c2ccccc2-c2c1ccc1c3ccccc3n(-c3cc(-c4cccc(C#N)c4)cc(-c4cc(-c5ccccc5)nc(-c5ccccc5)n4)c3)c21. The largest absolute Gasteiger partial charge is 0.309 e. The number of hydrogen-bond acceptors (Lipinski definition) is 3. The van der Waals surface area contributed by atoms with Crippen LogP contribution >= 0.6 is 0 Å². The fourth-order valence-corrected chi connectivity index (χ4v) is 8.40. The molecule has 0 saturated carbocycles. The zero-order chi connectivity index (χ0) is 36.4. The average molecular weight is 691 g/mol. The summed E-state index contributed by atoms with van der Waals surface area (Å²) in [6.45, 7) is 4.67. The summed E-state index contributed by atoms with van der Waals surface area (Å²) in [5, 5.41) is 12.3. The van der Waals surface area contributed by atoms with Crippen LogP contribution in [0.3, 0.4) is 0 Å². The molecule has 0 saturated heterocycles. The molecule has 0 amide bonds. The molecule has 1 aliphatic carbocycles. The second-order valence-electron chi connectivity index (χ2n) is 14.6. The van der Waals surface area contributed by atoms with Crippen LogP contribution in [-0.4, -0.2) is 14.5 Å². The summed E-state index contributed by atoms with van der Waals surface area (Å²) < 4.78 is 2.44. The molecule has 7 aromatic carbocycles. The van der Waals surface area contributed by atoms with Gasteiger partial charge in [0.1, 0.15) is 0 Å². The standard InChI is InChI=1S/C50H34N4/c1-50(2)42-22-11-9-21-41(42)47-43(50)25-24-40-39-20-10-12-23-46(39)54(48(40)47)38-28-36(35-19-13-14-32(26-35)31-51)27-37(29-38)45-30-44(33-15-5-3-6-16-33)52-49(53-45)34-17-7-4-8-18-34/h3-30H,1-2H3. The van der Waals surface area contributed by atoms with Gasteiger partial charge in [0.2, 0.25) is 0 Å². The van der Waals surface area contributed by atoms with Crippen LogP contribution in [0, 0.1) is 11.3 Å². The maximum absolute atomic E-state index is 9.90. The van der Waals surface area contributed by atoms with E-state index in [2.05, 4.69) is 140 Å². The lowest BCUT2D eigenvalue weighted by molar-refractivity contribution is 0.661. The van der Waals surface area contributed by atoms with Crippen molar-refractivity contribution in [3.8, 4) is 67.9 Å². The lowest BCUT2D eigenvalue weighted by Gasteiger charge is -2.21. The van der Waals surface area contributed by atoms with Crippen molar-refractivity contribution in [2.75, 3.05) is 0 Å². The maximum atomic E-state index is 9.90. The molecule has 254 valence electrons. The third-order valence-electron chi connectivity index (χ3n) is 11.0. The fourth-order valence-electron chi connectivity index (χ4n) is 8.40. The average Bonchev–Trinajstić information content (AvgIpc) is 3.70. The van der Waals surface area contributed by atoms with Crippen molar-refractivity contribution in [1.82, 2.24) is 14.5 Å². The van der Waals surface area contributed by atoms with Crippen molar-refractivity contribution in [2.45, 2.75) is 19.3 Å². The molecule has 0 radical (unpaired) electrons. The number of nitriles is 1. The monoisotopic (exact) mass is 690 g/mol. The minimum atomic E-state index is -0.144. The molecule has 1 aliphatic rings. The first-order valence-corrected chi connectivity index (χ1v) is 18.3. The fraction of sp³-hybridized carbons (Fsp3) is 0.0600. The van der Waals surface area contributed by atoms with Crippen molar-refractivity contribution in [3.05, 3.63) is 187 Å². The molecular formula is C50H34N4. The van der Waals surface area contributed by atoms with Gasteiger partial charge in [0.05, 0.1) is 34.1 Å². The highest BCUT2D eigenvalue weighted by Gasteiger charge is 2.37. The van der Waals surface area contributed by atoms with E-state index in [1.807, 2.05) is 54.6 Å². The van der Waals surface area contributed by atoms with Crippen LogP contribution in [0.2, 0.25) is 0 Å². The quantitative estimate of drug-likeness (QED) is 0.181. The highest BCUT2D eigenvalue weighted by molar-refractivity contribution is 6.15. The van der Waals surface area contributed by atoms with E-state index in [0.29, 0.717) is 11.4 Å². The molecule has 0 N–H and O–H groups in total. The zero-order valence-corrected chi connectivity index (χ0v) is 30.0. The summed E-state index contributed by atoms with van der Waals surface area (Å²) in [6, 6.07) is 61.7. The second kappa shape index (κ2) is 12.3. The van der Waals surface area contributed by atoms with E-state index in [0.717, 1.165) is 50.4 Å². The summed E-state index contributed by atoms with van der Waals surface area (Å²) in [7, 11) is 0. The van der Waals surface area contributed by atoms with Crippen LogP contribution < -0.4 is 0 Å². The van der Waals surface area contributed by atoms with Gasteiger partial charge in [-0.15, -0.1) is 0 Å². The smallest absolute Gasteiger partial charge is 0.160 e. The van der Waals surface area contributed by atoms with Crippen molar-refractivity contribution in [3.63, 3.8) is 0 Å². The van der Waals surface area contributed by atoms with Crippen LogP contribution in [0.25, 0.3) is 83.6 Å². The Balaban J connectivity index is 1.31. The third kappa shape index (κ3) is 4.98. The van der Waals surface area contributed by atoms with Crippen molar-refractivity contribution < 1.29 is 0 Å². The summed E-state index contributed by atoms with van der Waals surface area (Å²) in [6.07, 6.45) is 0. The van der Waals surface area contributed by atoms with E-state index in [1.165, 1.54) is 38.5 Å². The topological polar surface area (TPSA) is 54.5 Å². The molecule has 9 aromatic rings. The van der Waals surface area contributed by atoms with Gasteiger partial charge in [0.15, 0.2) is 5.82 Å². The Morgan fingerprint density at radius 3 is 1.98 bits per heavy atom. The van der Waals surface area contributed by atoms with E-state index >= 15 is 0 Å². The molecule has 0 unspecified atom stereocenters. The Kier molecular flexibility index (Phi) is 7.18. The van der Waals surface area contributed by atoms with Crippen LogP contribution in [0.4, 0.5) is 0 Å². The summed E-state index contributed by atoms with van der Waals surface area (Å²) in [5.74, 6) is 0.666. The maximum Gasteiger partial charge on any atom is 0.160 e. The molecule has 2 heterocycles. The normalized spacial score (nSPS) is 12.8.